The van der Waals surface area contributed by atoms with Gasteiger partial charge < -0.3 is 5.32 Å². The zero-order chi connectivity index (χ0) is 13.2. The number of nitrogens with one attached hydrogen (secondary N) is 1. The average Bonchev–Trinajstić information content (AvgIpc) is 2.82. The van der Waals surface area contributed by atoms with Crippen molar-refractivity contribution in [1.29, 1.82) is 0 Å². The molecule has 3 rings (SSSR count). The van der Waals surface area contributed by atoms with Gasteiger partial charge in [0.05, 0.1) is 0 Å². The number of hydrogen-bond acceptors (Lipinski definition) is 2. The standard InChI is InChI=1S/C16H23BrN2/c1-19(11-12-6-8-18-9-7-12)16-5-2-13-10-14(17)3-4-15(13)16/h3-4,10,12,16,18H,2,5-9,11H2,1H3. The molecule has 2 aliphatic rings. The molecule has 1 unspecified atom stereocenters. The lowest BCUT2D eigenvalue weighted by molar-refractivity contribution is 0.186. The number of hydrogen-bond donors (Lipinski definition) is 1. The second-order valence-corrected chi connectivity index (χ2v) is 6.95. The van der Waals surface area contributed by atoms with E-state index in [4.69, 9.17) is 0 Å². The van der Waals surface area contributed by atoms with Crippen LogP contribution in [0.1, 0.15) is 36.4 Å². The SMILES string of the molecule is CN(CC1CCNCC1)C1CCc2cc(Br)ccc21. The molecule has 3 heteroatoms. The Hall–Kier alpha value is -0.380. The summed E-state index contributed by atoms with van der Waals surface area (Å²) in [5.74, 6) is 0.880. The largest absolute Gasteiger partial charge is 0.317 e. The predicted octanol–water partition coefficient (Wildman–Crippen LogP) is 3.37. The Morgan fingerprint density at radius 1 is 1.26 bits per heavy atom. The van der Waals surface area contributed by atoms with Crippen LogP contribution in [0.25, 0.3) is 0 Å². The van der Waals surface area contributed by atoms with Gasteiger partial charge >= 0.3 is 0 Å². The molecule has 1 atom stereocenters. The van der Waals surface area contributed by atoms with Gasteiger partial charge in [0.2, 0.25) is 0 Å². The Balaban J connectivity index is 1.67. The number of aryl methyl sites for hydroxylation is 1. The molecule has 1 saturated heterocycles. The molecule has 0 aromatic heterocycles. The molecule has 1 aromatic carbocycles. The van der Waals surface area contributed by atoms with Crippen molar-refractivity contribution < 1.29 is 0 Å². The van der Waals surface area contributed by atoms with E-state index in [9.17, 15) is 0 Å². The number of nitrogens with zero attached hydrogens (tertiary/aromatic N) is 1. The minimum Gasteiger partial charge on any atom is -0.317 e. The van der Waals surface area contributed by atoms with E-state index in [0.29, 0.717) is 6.04 Å². The zero-order valence-electron chi connectivity index (χ0n) is 11.7. The Morgan fingerprint density at radius 2 is 2.05 bits per heavy atom. The summed E-state index contributed by atoms with van der Waals surface area (Å²) in [4.78, 5) is 2.59. The Bertz CT molecular complexity index is 440. The molecule has 1 aromatic rings. The van der Waals surface area contributed by atoms with Gasteiger partial charge in [-0.15, -0.1) is 0 Å². The van der Waals surface area contributed by atoms with Gasteiger partial charge in [-0.05, 0) is 75.0 Å². The van der Waals surface area contributed by atoms with Crippen molar-refractivity contribution in [2.45, 2.75) is 31.7 Å². The number of benzene rings is 1. The van der Waals surface area contributed by atoms with Crippen LogP contribution in [0, 0.1) is 5.92 Å². The van der Waals surface area contributed by atoms with Crippen molar-refractivity contribution in [3.63, 3.8) is 0 Å². The number of halogens is 1. The highest BCUT2D eigenvalue weighted by atomic mass is 79.9. The van der Waals surface area contributed by atoms with Crippen LogP contribution in [-0.2, 0) is 6.42 Å². The molecule has 1 aliphatic carbocycles. The highest BCUT2D eigenvalue weighted by Crippen LogP contribution is 2.37. The monoisotopic (exact) mass is 322 g/mol. The van der Waals surface area contributed by atoms with E-state index in [1.54, 1.807) is 5.56 Å². The van der Waals surface area contributed by atoms with Crippen molar-refractivity contribution in [3.05, 3.63) is 33.8 Å². The molecule has 0 radical (unpaired) electrons. The molecule has 2 nitrogen and oxygen atoms in total. The second kappa shape index (κ2) is 5.94. The summed E-state index contributed by atoms with van der Waals surface area (Å²) in [7, 11) is 2.31. The van der Waals surface area contributed by atoms with Crippen LogP contribution in [0.5, 0.6) is 0 Å². The fraction of sp³-hybridized carbons (Fsp3) is 0.625. The molecule has 0 bridgehead atoms. The van der Waals surface area contributed by atoms with Crippen LogP contribution < -0.4 is 5.32 Å². The Labute approximate surface area is 124 Å². The van der Waals surface area contributed by atoms with Crippen molar-refractivity contribution in [2.24, 2.45) is 5.92 Å². The average molecular weight is 323 g/mol. The molecule has 19 heavy (non-hydrogen) atoms. The quantitative estimate of drug-likeness (QED) is 0.917. The molecule has 0 spiro atoms. The number of piperidine rings is 1. The van der Waals surface area contributed by atoms with Crippen molar-refractivity contribution in [3.8, 4) is 0 Å². The number of fused-ring (bicyclic) bond motifs is 1. The van der Waals surface area contributed by atoms with E-state index in [0.717, 1.165) is 5.92 Å². The highest BCUT2D eigenvalue weighted by molar-refractivity contribution is 9.10. The molecule has 1 fully saturated rings. The fourth-order valence-corrected chi connectivity index (χ4v) is 4.03. The predicted molar refractivity (Wildman–Crippen MR) is 83.4 cm³/mol. The maximum absolute atomic E-state index is 3.58. The van der Waals surface area contributed by atoms with E-state index >= 15 is 0 Å². The summed E-state index contributed by atoms with van der Waals surface area (Å²) in [6.45, 7) is 3.65. The normalized spacial score (nSPS) is 23.8. The van der Waals surface area contributed by atoms with Gasteiger partial charge in [0.25, 0.3) is 0 Å². The zero-order valence-corrected chi connectivity index (χ0v) is 13.2. The highest BCUT2D eigenvalue weighted by Gasteiger charge is 2.27. The lowest BCUT2D eigenvalue weighted by atomic mass is 9.96. The van der Waals surface area contributed by atoms with E-state index in [2.05, 4.69) is 51.4 Å². The summed E-state index contributed by atoms with van der Waals surface area (Å²) in [5.41, 5.74) is 3.09. The van der Waals surface area contributed by atoms with Gasteiger partial charge in [-0.2, -0.15) is 0 Å². The first-order chi connectivity index (χ1) is 9.24. The van der Waals surface area contributed by atoms with Gasteiger partial charge in [-0.1, -0.05) is 22.0 Å². The topological polar surface area (TPSA) is 15.3 Å². The molecular weight excluding hydrogens is 300 g/mol. The van der Waals surface area contributed by atoms with Crippen LogP contribution in [0.2, 0.25) is 0 Å². The fourth-order valence-electron chi connectivity index (χ4n) is 3.62. The number of rotatable bonds is 3. The van der Waals surface area contributed by atoms with Gasteiger partial charge in [0.15, 0.2) is 0 Å². The van der Waals surface area contributed by atoms with Crippen LogP contribution >= 0.6 is 15.9 Å². The molecule has 104 valence electrons. The first-order valence-corrected chi connectivity index (χ1v) is 8.22. The summed E-state index contributed by atoms with van der Waals surface area (Å²) < 4.78 is 1.22. The minimum absolute atomic E-state index is 0.637. The van der Waals surface area contributed by atoms with Gasteiger partial charge in [0.1, 0.15) is 0 Å². The van der Waals surface area contributed by atoms with E-state index < -0.39 is 0 Å². The molecule has 0 amide bonds. The van der Waals surface area contributed by atoms with Crippen molar-refractivity contribution in [2.75, 3.05) is 26.7 Å². The summed E-state index contributed by atoms with van der Waals surface area (Å²) in [6, 6.07) is 7.44. The van der Waals surface area contributed by atoms with Gasteiger partial charge in [-0.25, -0.2) is 0 Å². The third-order valence-corrected chi connectivity index (χ3v) is 5.18. The van der Waals surface area contributed by atoms with Crippen LogP contribution in [0.3, 0.4) is 0 Å². The molecule has 1 aliphatic heterocycles. The third-order valence-electron chi connectivity index (χ3n) is 4.69. The lowest BCUT2D eigenvalue weighted by Gasteiger charge is -2.31. The van der Waals surface area contributed by atoms with E-state index in [1.165, 1.54) is 55.4 Å². The van der Waals surface area contributed by atoms with Crippen LogP contribution in [-0.4, -0.2) is 31.6 Å². The van der Waals surface area contributed by atoms with Crippen molar-refractivity contribution >= 4 is 15.9 Å². The smallest absolute Gasteiger partial charge is 0.0351 e. The first-order valence-electron chi connectivity index (χ1n) is 7.43. The first kappa shape index (κ1) is 13.6. The molecular formula is C16H23BrN2. The summed E-state index contributed by atoms with van der Waals surface area (Å²) in [6.07, 6.45) is 5.19. The van der Waals surface area contributed by atoms with Crippen molar-refractivity contribution in [1.82, 2.24) is 10.2 Å². The second-order valence-electron chi connectivity index (χ2n) is 6.03. The third kappa shape index (κ3) is 3.04. The summed E-state index contributed by atoms with van der Waals surface area (Å²) >= 11 is 3.58. The molecule has 1 heterocycles. The lowest BCUT2D eigenvalue weighted by Crippen LogP contribution is -2.35. The molecule has 1 N–H and O–H groups in total. The Kier molecular flexibility index (Phi) is 4.25. The van der Waals surface area contributed by atoms with Gasteiger partial charge in [0, 0.05) is 17.1 Å². The Morgan fingerprint density at radius 3 is 2.84 bits per heavy atom. The minimum atomic E-state index is 0.637. The van der Waals surface area contributed by atoms with Crippen LogP contribution in [0.4, 0.5) is 0 Å². The summed E-state index contributed by atoms with van der Waals surface area (Å²) in [5, 5.41) is 3.46. The van der Waals surface area contributed by atoms with E-state index in [1.807, 2.05) is 0 Å². The molecule has 0 saturated carbocycles. The maximum Gasteiger partial charge on any atom is 0.0351 e. The van der Waals surface area contributed by atoms with E-state index in [-0.39, 0.29) is 0 Å². The maximum atomic E-state index is 3.58. The van der Waals surface area contributed by atoms with Crippen LogP contribution in [0.15, 0.2) is 22.7 Å². The van der Waals surface area contributed by atoms with Gasteiger partial charge in [-0.3, -0.25) is 4.90 Å².